The number of nitrogens with zero attached hydrogens (tertiary/aromatic N) is 2. The van der Waals surface area contributed by atoms with Crippen LogP contribution in [0, 0.1) is 23.2 Å². The molecule has 1 fully saturated rings. The molecule has 0 saturated carbocycles. The molecule has 1 aliphatic rings. The highest BCUT2D eigenvalue weighted by Gasteiger charge is 2.27. The first-order chi connectivity index (χ1) is 6.54. The van der Waals surface area contributed by atoms with Crippen LogP contribution in [0.15, 0.2) is 12.4 Å². The number of likely N-dealkylation sites (tertiary alicyclic amines) is 1. The molecular formula is C11H19N3. The minimum Gasteiger partial charge on any atom is -0.370 e. The average Bonchev–Trinajstić information content (AvgIpc) is 2.01. The topological polar surface area (TPSA) is 39.1 Å². The molecule has 1 aliphatic heterocycles. The van der Waals surface area contributed by atoms with Gasteiger partial charge in [0.15, 0.2) is 0 Å². The zero-order chi connectivity index (χ0) is 10.7. The highest BCUT2D eigenvalue weighted by Crippen LogP contribution is 2.18. The largest absolute Gasteiger partial charge is 0.370 e. The van der Waals surface area contributed by atoms with Crippen LogP contribution in [0.5, 0.6) is 0 Å². The highest BCUT2D eigenvalue weighted by molar-refractivity contribution is 5.05. The zero-order valence-corrected chi connectivity index (χ0v) is 9.25. The molecule has 0 aromatic carbocycles. The van der Waals surface area contributed by atoms with Crippen molar-refractivity contribution >= 4 is 0 Å². The molecule has 14 heavy (non-hydrogen) atoms. The number of hydrogen-bond acceptors (Lipinski definition) is 3. The average molecular weight is 193 g/mol. The van der Waals surface area contributed by atoms with Crippen LogP contribution in [-0.2, 0) is 0 Å². The fourth-order valence-electron chi connectivity index (χ4n) is 1.30. The fraction of sp³-hybridized carbons (Fsp3) is 0.727. The molecule has 0 bridgehead atoms. The smallest absolute Gasteiger partial charge is 0.0941 e. The van der Waals surface area contributed by atoms with E-state index in [1.54, 1.807) is 0 Å². The van der Waals surface area contributed by atoms with E-state index in [-0.39, 0.29) is 5.92 Å². The third kappa shape index (κ3) is 2.41. The minimum atomic E-state index is 0.197. The Labute approximate surface area is 86.4 Å². The Morgan fingerprint density at radius 3 is 2.50 bits per heavy atom. The second kappa shape index (κ2) is 4.36. The van der Waals surface area contributed by atoms with Crippen LogP contribution < -0.4 is 5.32 Å². The van der Waals surface area contributed by atoms with Crippen LogP contribution in [0.25, 0.3) is 0 Å². The summed E-state index contributed by atoms with van der Waals surface area (Å²) in [5.74, 6) is 1.75. The van der Waals surface area contributed by atoms with Crippen molar-refractivity contribution in [3.05, 3.63) is 12.4 Å². The van der Waals surface area contributed by atoms with E-state index in [9.17, 15) is 0 Å². The van der Waals surface area contributed by atoms with Gasteiger partial charge in [-0.15, -0.1) is 0 Å². The first-order valence-electron chi connectivity index (χ1n) is 5.14. The van der Waals surface area contributed by atoms with Crippen molar-refractivity contribution in [1.29, 1.82) is 5.26 Å². The fourth-order valence-corrected chi connectivity index (χ4v) is 1.30. The van der Waals surface area contributed by atoms with Crippen molar-refractivity contribution < 1.29 is 0 Å². The van der Waals surface area contributed by atoms with Crippen molar-refractivity contribution in [1.82, 2.24) is 10.2 Å². The summed E-state index contributed by atoms with van der Waals surface area (Å²) in [6.45, 7) is 12.1. The van der Waals surface area contributed by atoms with Crippen molar-refractivity contribution in [2.45, 2.75) is 26.8 Å². The van der Waals surface area contributed by atoms with Crippen LogP contribution in [0.4, 0.5) is 0 Å². The first-order valence-corrected chi connectivity index (χ1v) is 5.14. The molecule has 0 spiro atoms. The number of rotatable bonds is 4. The molecule has 1 atom stereocenters. The van der Waals surface area contributed by atoms with Gasteiger partial charge < -0.3 is 10.2 Å². The van der Waals surface area contributed by atoms with Gasteiger partial charge in [-0.05, 0) is 12.8 Å². The first kappa shape index (κ1) is 10.9. The molecule has 1 N–H and O–H groups in total. The maximum Gasteiger partial charge on any atom is 0.0941 e. The second-order valence-corrected chi connectivity index (χ2v) is 4.35. The SMILES string of the molecule is C=C(N[C@H](C)C(C)C)N1CC(C#N)C1. The van der Waals surface area contributed by atoms with Gasteiger partial charge in [-0.3, -0.25) is 0 Å². The van der Waals surface area contributed by atoms with E-state index in [1.165, 1.54) is 0 Å². The van der Waals surface area contributed by atoms with Crippen molar-refractivity contribution in [2.75, 3.05) is 13.1 Å². The lowest BCUT2D eigenvalue weighted by atomic mass is 10.0. The van der Waals surface area contributed by atoms with E-state index >= 15 is 0 Å². The summed E-state index contributed by atoms with van der Waals surface area (Å²) in [4.78, 5) is 2.12. The summed E-state index contributed by atoms with van der Waals surface area (Å²) in [5.41, 5.74) is 0. The van der Waals surface area contributed by atoms with Gasteiger partial charge >= 0.3 is 0 Å². The summed E-state index contributed by atoms with van der Waals surface area (Å²) in [6, 6.07) is 2.69. The third-order valence-corrected chi connectivity index (χ3v) is 2.84. The van der Waals surface area contributed by atoms with Crippen molar-refractivity contribution in [3.8, 4) is 6.07 Å². The lowest BCUT2D eigenvalue weighted by molar-refractivity contribution is 0.165. The highest BCUT2D eigenvalue weighted by atomic mass is 15.3. The molecule has 3 heteroatoms. The van der Waals surface area contributed by atoms with Crippen LogP contribution in [-0.4, -0.2) is 24.0 Å². The Bertz CT molecular complexity index is 246. The van der Waals surface area contributed by atoms with E-state index < -0.39 is 0 Å². The van der Waals surface area contributed by atoms with E-state index in [1.807, 2.05) is 0 Å². The Morgan fingerprint density at radius 2 is 2.07 bits per heavy atom. The predicted octanol–water partition coefficient (Wildman–Crippen LogP) is 1.55. The van der Waals surface area contributed by atoms with Gasteiger partial charge in [0.05, 0.1) is 17.8 Å². The summed E-state index contributed by atoms with van der Waals surface area (Å²) in [6.07, 6.45) is 0. The molecule has 0 aliphatic carbocycles. The molecule has 0 aromatic rings. The Morgan fingerprint density at radius 1 is 1.50 bits per heavy atom. The Balaban J connectivity index is 2.28. The second-order valence-electron chi connectivity index (χ2n) is 4.35. The van der Waals surface area contributed by atoms with Gasteiger partial charge in [0.25, 0.3) is 0 Å². The van der Waals surface area contributed by atoms with Crippen LogP contribution in [0.3, 0.4) is 0 Å². The van der Waals surface area contributed by atoms with Crippen LogP contribution in [0.1, 0.15) is 20.8 Å². The van der Waals surface area contributed by atoms with Crippen molar-refractivity contribution in [2.24, 2.45) is 11.8 Å². The van der Waals surface area contributed by atoms with Gasteiger partial charge in [0.2, 0.25) is 0 Å². The monoisotopic (exact) mass is 193 g/mol. The maximum atomic E-state index is 8.63. The number of hydrogen-bond donors (Lipinski definition) is 1. The summed E-state index contributed by atoms with van der Waals surface area (Å²) in [7, 11) is 0. The zero-order valence-electron chi connectivity index (χ0n) is 9.25. The molecule has 1 heterocycles. The summed E-state index contributed by atoms with van der Waals surface area (Å²) in [5, 5.41) is 12.0. The molecule has 0 unspecified atom stereocenters. The Kier molecular flexibility index (Phi) is 3.40. The molecule has 1 rings (SSSR count). The quantitative estimate of drug-likeness (QED) is 0.736. The normalized spacial score (nSPS) is 18.6. The van der Waals surface area contributed by atoms with Gasteiger partial charge in [-0.1, -0.05) is 20.4 Å². The van der Waals surface area contributed by atoms with E-state index in [0.29, 0.717) is 12.0 Å². The predicted molar refractivity (Wildman–Crippen MR) is 57.3 cm³/mol. The summed E-state index contributed by atoms with van der Waals surface area (Å²) >= 11 is 0. The van der Waals surface area contributed by atoms with Crippen LogP contribution >= 0.6 is 0 Å². The third-order valence-electron chi connectivity index (χ3n) is 2.84. The molecule has 0 radical (unpaired) electrons. The molecule has 1 saturated heterocycles. The van der Waals surface area contributed by atoms with Gasteiger partial charge in [-0.2, -0.15) is 5.26 Å². The van der Waals surface area contributed by atoms with Gasteiger partial charge in [0, 0.05) is 19.1 Å². The van der Waals surface area contributed by atoms with E-state index in [2.05, 4.69) is 43.6 Å². The summed E-state index contributed by atoms with van der Waals surface area (Å²) < 4.78 is 0. The van der Waals surface area contributed by atoms with E-state index in [4.69, 9.17) is 5.26 Å². The molecule has 0 aromatic heterocycles. The molecular weight excluding hydrogens is 174 g/mol. The molecule has 3 nitrogen and oxygen atoms in total. The number of nitriles is 1. The van der Waals surface area contributed by atoms with Gasteiger partial charge in [0.1, 0.15) is 0 Å². The standard InChI is InChI=1S/C11H19N3/c1-8(2)9(3)13-10(4)14-6-11(5-12)7-14/h8-9,11,13H,4,6-7H2,1-3H3/t9-/m1/s1. The van der Waals surface area contributed by atoms with Crippen molar-refractivity contribution in [3.63, 3.8) is 0 Å². The lowest BCUT2D eigenvalue weighted by Gasteiger charge is -2.40. The van der Waals surface area contributed by atoms with Crippen LogP contribution in [0.2, 0.25) is 0 Å². The molecule has 78 valence electrons. The molecule has 0 amide bonds. The van der Waals surface area contributed by atoms with E-state index in [0.717, 1.165) is 18.9 Å². The lowest BCUT2D eigenvalue weighted by Crippen LogP contribution is -2.49. The minimum absolute atomic E-state index is 0.197. The van der Waals surface area contributed by atoms with Gasteiger partial charge in [-0.25, -0.2) is 0 Å². The Hall–Kier alpha value is -1.17. The number of nitrogens with one attached hydrogen (secondary N) is 1. The maximum absolute atomic E-state index is 8.63.